The van der Waals surface area contributed by atoms with Crippen molar-refractivity contribution in [1.29, 1.82) is 0 Å². The van der Waals surface area contributed by atoms with E-state index in [0.29, 0.717) is 38.7 Å². The van der Waals surface area contributed by atoms with E-state index >= 15 is 0 Å². The van der Waals surface area contributed by atoms with Crippen molar-refractivity contribution >= 4 is 63.2 Å². The number of carbonyl (C=O) groups is 3. The lowest BCUT2D eigenvalue weighted by Crippen LogP contribution is -2.36. The SMILES string of the molecule is CCOc1ccc(NC(=O)CN2C(=O)S/C(=C/c3cc(I)c(OCc4ccc(F)cc4)c(OC)c3)C2=O)cc1. The number of imide groups is 1. The number of methoxy groups -OCH3 is 1. The molecule has 1 saturated heterocycles. The molecule has 3 aromatic rings. The Morgan fingerprint density at radius 2 is 1.79 bits per heavy atom. The van der Waals surface area contributed by atoms with Crippen LogP contribution >= 0.6 is 34.4 Å². The van der Waals surface area contributed by atoms with E-state index in [2.05, 4.69) is 27.9 Å². The Kier molecular flexibility index (Phi) is 9.46. The van der Waals surface area contributed by atoms with Crippen LogP contribution in [0.1, 0.15) is 18.1 Å². The standard InChI is InChI=1S/C28H24FIN2O6S/c1-3-37-21-10-8-20(9-11-21)31-25(33)15-32-27(34)24(39-28(32)35)14-18-12-22(30)26(23(13-18)36-2)38-16-17-4-6-19(29)7-5-17/h4-14H,3,15-16H2,1-2H3,(H,31,33)/b24-14+. The van der Waals surface area contributed by atoms with Gasteiger partial charge < -0.3 is 19.5 Å². The van der Waals surface area contributed by atoms with E-state index in [1.807, 2.05) is 6.92 Å². The molecule has 1 heterocycles. The fourth-order valence-corrected chi connectivity index (χ4v) is 5.25. The van der Waals surface area contributed by atoms with Crippen molar-refractivity contribution in [2.24, 2.45) is 0 Å². The highest BCUT2D eigenvalue weighted by Crippen LogP contribution is 2.37. The number of benzene rings is 3. The molecule has 0 bridgehead atoms. The Labute approximate surface area is 242 Å². The summed E-state index contributed by atoms with van der Waals surface area (Å²) in [5.74, 6) is 0.222. The first-order valence-corrected chi connectivity index (χ1v) is 13.7. The van der Waals surface area contributed by atoms with Gasteiger partial charge in [0.15, 0.2) is 11.5 Å². The van der Waals surface area contributed by atoms with Crippen LogP contribution in [-0.2, 0) is 16.2 Å². The first kappa shape index (κ1) is 28.4. The van der Waals surface area contributed by atoms with Crippen LogP contribution in [0.15, 0.2) is 65.6 Å². The van der Waals surface area contributed by atoms with Gasteiger partial charge in [-0.25, -0.2) is 4.39 Å². The van der Waals surface area contributed by atoms with Crippen molar-refractivity contribution in [3.8, 4) is 17.2 Å². The van der Waals surface area contributed by atoms with Crippen LogP contribution in [0.4, 0.5) is 14.9 Å². The van der Waals surface area contributed by atoms with Crippen molar-refractivity contribution in [3.05, 3.63) is 86.1 Å². The molecule has 1 fully saturated rings. The van der Waals surface area contributed by atoms with Crippen LogP contribution in [0.2, 0.25) is 0 Å². The van der Waals surface area contributed by atoms with Crippen molar-refractivity contribution in [2.45, 2.75) is 13.5 Å². The maximum atomic E-state index is 13.2. The van der Waals surface area contributed by atoms with Crippen molar-refractivity contribution in [3.63, 3.8) is 0 Å². The Morgan fingerprint density at radius 3 is 2.46 bits per heavy atom. The van der Waals surface area contributed by atoms with Crippen molar-refractivity contribution in [2.75, 3.05) is 25.6 Å². The summed E-state index contributed by atoms with van der Waals surface area (Å²) in [4.78, 5) is 39.1. The van der Waals surface area contributed by atoms with E-state index < -0.39 is 23.6 Å². The van der Waals surface area contributed by atoms with E-state index in [1.54, 1.807) is 54.6 Å². The highest BCUT2D eigenvalue weighted by Gasteiger charge is 2.36. The fraction of sp³-hybridized carbons (Fsp3) is 0.179. The highest BCUT2D eigenvalue weighted by atomic mass is 127. The van der Waals surface area contributed by atoms with Crippen molar-refractivity contribution in [1.82, 2.24) is 4.90 Å². The lowest BCUT2D eigenvalue weighted by atomic mass is 10.1. The molecule has 0 aliphatic carbocycles. The molecule has 1 N–H and O–H groups in total. The molecule has 0 atom stereocenters. The normalized spacial score (nSPS) is 14.1. The molecular formula is C28H24FIN2O6S. The number of halogens is 2. The van der Waals surface area contributed by atoms with Gasteiger partial charge in [-0.2, -0.15) is 0 Å². The fourth-order valence-electron chi connectivity index (χ4n) is 3.63. The second-order valence-corrected chi connectivity index (χ2v) is 10.4. The maximum Gasteiger partial charge on any atom is 0.294 e. The number of anilines is 1. The second kappa shape index (κ2) is 13.0. The summed E-state index contributed by atoms with van der Waals surface area (Å²) in [5.41, 5.74) is 1.93. The topological polar surface area (TPSA) is 94.2 Å². The third kappa shape index (κ3) is 7.30. The smallest absolute Gasteiger partial charge is 0.294 e. The number of hydrogen-bond donors (Lipinski definition) is 1. The average Bonchev–Trinajstić information content (AvgIpc) is 3.17. The predicted molar refractivity (Wildman–Crippen MR) is 155 cm³/mol. The lowest BCUT2D eigenvalue weighted by Gasteiger charge is -2.14. The Balaban J connectivity index is 1.43. The van der Waals surface area contributed by atoms with Gasteiger partial charge in [0.05, 0.1) is 22.2 Å². The molecule has 11 heteroatoms. The van der Waals surface area contributed by atoms with Crippen LogP contribution in [0.3, 0.4) is 0 Å². The summed E-state index contributed by atoms with van der Waals surface area (Å²) in [6.07, 6.45) is 1.57. The zero-order valence-electron chi connectivity index (χ0n) is 21.0. The first-order chi connectivity index (χ1) is 18.8. The van der Waals surface area contributed by atoms with Gasteiger partial charge in [0, 0.05) is 5.69 Å². The number of amides is 3. The lowest BCUT2D eigenvalue weighted by molar-refractivity contribution is -0.127. The summed E-state index contributed by atoms with van der Waals surface area (Å²) in [6, 6.07) is 16.3. The highest BCUT2D eigenvalue weighted by molar-refractivity contribution is 14.1. The van der Waals surface area contributed by atoms with Crippen LogP contribution in [0.5, 0.6) is 17.2 Å². The number of hydrogen-bond acceptors (Lipinski definition) is 7. The van der Waals surface area contributed by atoms with Gasteiger partial charge in [-0.3, -0.25) is 19.3 Å². The zero-order valence-corrected chi connectivity index (χ0v) is 24.0. The monoisotopic (exact) mass is 662 g/mol. The van der Waals surface area contributed by atoms with Crippen LogP contribution in [0, 0.1) is 9.39 Å². The van der Waals surface area contributed by atoms with Gasteiger partial charge in [0.1, 0.15) is 24.7 Å². The summed E-state index contributed by atoms with van der Waals surface area (Å²) in [7, 11) is 1.50. The van der Waals surface area contributed by atoms with Gasteiger partial charge in [-0.1, -0.05) is 12.1 Å². The molecule has 0 saturated carbocycles. The quantitative estimate of drug-likeness (QED) is 0.208. The Bertz CT molecular complexity index is 1410. The van der Waals surface area contributed by atoms with Crippen LogP contribution in [0.25, 0.3) is 6.08 Å². The van der Waals surface area contributed by atoms with Gasteiger partial charge in [0.25, 0.3) is 11.1 Å². The Hall–Kier alpha value is -3.58. The van der Waals surface area contributed by atoms with Gasteiger partial charge in [-0.15, -0.1) is 0 Å². The third-order valence-electron chi connectivity index (χ3n) is 5.47. The molecule has 0 unspecified atom stereocenters. The van der Waals surface area contributed by atoms with Gasteiger partial charge >= 0.3 is 0 Å². The first-order valence-electron chi connectivity index (χ1n) is 11.8. The second-order valence-electron chi connectivity index (χ2n) is 8.22. The molecule has 39 heavy (non-hydrogen) atoms. The molecule has 1 aliphatic rings. The molecule has 3 aromatic carbocycles. The molecule has 3 amide bonds. The van der Waals surface area contributed by atoms with E-state index in [-0.39, 0.29) is 17.3 Å². The van der Waals surface area contributed by atoms with Crippen LogP contribution < -0.4 is 19.5 Å². The molecule has 202 valence electrons. The summed E-state index contributed by atoms with van der Waals surface area (Å²) in [6.45, 7) is 2.20. The molecule has 1 aliphatic heterocycles. The average molecular weight is 662 g/mol. The number of nitrogens with zero attached hydrogens (tertiary/aromatic N) is 1. The summed E-state index contributed by atoms with van der Waals surface area (Å²) >= 11 is 2.85. The predicted octanol–water partition coefficient (Wildman–Crippen LogP) is 6.09. The molecule has 0 aromatic heterocycles. The maximum absolute atomic E-state index is 13.2. The summed E-state index contributed by atoms with van der Waals surface area (Å²) < 4.78 is 30.7. The van der Waals surface area contributed by atoms with Gasteiger partial charge in [-0.05, 0) is 107 Å². The number of rotatable bonds is 10. The van der Waals surface area contributed by atoms with Crippen LogP contribution in [-0.4, -0.2) is 42.2 Å². The Morgan fingerprint density at radius 1 is 1.08 bits per heavy atom. The number of thioether (sulfide) groups is 1. The third-order valence-corrected chi connectivity index (χ3v) is 7.18. The van der Waals surface area contributed by atoms with Crippen molar-refractivity contribution < 1.29 is 33.0 Å². The van der Waals surface area contributed by atoms with E-state index in [0.717, 1.165) is 22.2 Å². The van der Waals surface area contributed by atoms with E-state index in [4.69, 9.17) is 14.2 Å². The molecule has 4 rings (SSSR count). The zero-order chi connectivity index (χ0) is 27.9. The molecule has 8 nitrogen and oxygen atoms in total. The minimum absolute atomic E-state index is 0.187. The molecule has 0 spiro atoms. The number of carbonyl (C=O) groups excluding carboxylic acids is 3. The molecular weight excluding hydrogens is 638 g/mol. The molecule has 0 radical (unpaired) electrons. The van der Waals surface area contributed by atoms with E-state index in [9.17, 15) is 18.8 Å². The van der Waals surface area contributed by atoms with E-state index in [1.165, 1.54) is 19.2 Å². The number of ether oxygens (including phenoxy) is 3. The minimum Gasteiger partial charge on any atom is -0.494 e. The number of nitrogens with one attached hydrogen (secondary N) is 1. The largest absolute Gasteiger partial charge is 0.494 e. The summed E-state index contributed by atoms with van der Waals surface area (Å²) in [5, 5.41) is 2.15. The van der Waals surface area contributed by atoms with Gasteiger partial charge in [0.2, 0.25) is 5.91 Å². The minimum atomic E-state index is -0.558.